The second-order valence-electron chi connectivity index (χ2n) is 9.95. The van der Waals surface area contributed by atoms with Crippen LogP contribution in [0.25, 0.3) is 32.9 Å². The highest BCUT2D eigenvalue weighted by Gasteiger charge is 2.10. The lowest BCUT2D eigenvalue weighted by Gasteiger charge is -2.17. The molecule has 8 heteroatoms. The van der Waals surface area contributed by atoms with Crippen LogP contribution in [0.3, 0.4) is 0 Å². The number of hydrogen-bond donors (Lipinski definition) is 1. The molecule has 3 heterocycles. The number of nitrogens with one attached hydrogen (secondary N) is 1. The van der Waals surface area contributed by atoms with Crippen LogP contribution in [0.2, 0.25) is 0 Å². The number of nitrogens with zero attached hydrogens (tertiary/aromatic N) is 6. The van der Waals surface area contributed by atoms with E-state index in [1.54, 1.807) is 18.5 Å². The molecule has 0 fully saturated rings. The molecule has 0 saturated carbocycles. The number of likely N-dealkylation sites (N-methyl/N-ethyl adjacent to an activating group) is 1. The molecule has 6 aromatic rings. The van der Waals surface area contributed by atoms with Crippen LogP contribution in [-0.2, 0) is 13.1 Å². The van der Waals surface area contributed by atoms with Crippen molar-refractivity contribution in [1.82, 2.24) is 29.2 Å². The average molecular weight is 534 g/mol. The number of anilines is 2. The minimum Gasteiger partial charge on any atom is -0.352 e. The summed E-state index contributed by atoms with van der Waals surface area (Å²) in [4.78, 5) is 11.5. The van der Waals surface area contributed by atoms with Gasteiger partial charge in [-0.15, -0.1) is 0 Å². The largest absolute Gasteiger partial charge is 0.352 e. The third-order valence-corrected chi connectivity index (χ3v) is 7.41. The summed E-state index contributed by atoms with van der Waals surface area (Å²) in [6.07, 6.45) is 7.77. The maximum absolute atomic E-state index is 13.6. The summed E-state index contributed by atoms with van der Waals surface area (Å²) in [5.74, 6) is 0.507. The Hall–Kier alpha value is -4.56. The van der Waals surface area contributed by atoms with Gasteiger partial charge in [-0.3, -0.25) is 4.68 Å². The maximum atomic E-state index is 13.6. The number of benzene rings is 3. The molecule has 0 atom stereocenters. The van der Waals surface area contributed by atoms with Crippen molar-refractivity contribution in [2.75, 3.05) is 25.0 Å². The van der Waals surface area contributed by atoms with Crippen molar-refractivity contribution >= 4 is 33.3 Å². The van der Waals surface area contributed by atoms with Gasteiger partial charge in [0.15, 0.2) is 0 Å². The van der Waals surface area contributed by atoms with Crippen LogP contribution in [0.1, 0.15) is 19.4 Å². The molecule has 0 spiro atoms. The normalized spacial score (nSPS) is 11.6. The zero-order chi connectivity index (χ0) is 27.5. The minimum absolute atomic E-state index is 0.242. The molecule has 3 aromatic carbocycles. The molecule has 0 saturated heterocycles. The molecule has 6 rings (SSSR count). The molecule has 0 bridgehead atoms. The van der Waals surface area contributed by atoms with Gasteiger partial charge in [-0.05, 0) is 78.3 Å². The summed E-state index contributed by atoms with van der Waals surface area (Å²) in [7, 11) is 0. The first-order chi connectivity index (χ1) is 19.6. The van der Waals surface area contributed by atoms with E-state index in [0.29, 0.717) is 6.54 Å². The molecular weight excluding hydrogens is 501 g/mol. The highest BCUT2D eigenvalue weighted by molar-refractivity contribution is 5.94. The van der Waals surface area contributed by atoms with Crippen molar-refractivity contribution in [2.24, 2.45) is 0 Å². The molecule has 202 valence electrons. The summed E-state index contributed by atoms with van der Waals surface area (Å²) in [5, 5.41) is 9.97. The van der Waals surface area contributed by atoms with Gasteiger partial charge >= 0.3 is 0 Å². The standard InChI is InChI=1S/C32H32FN7/c1-3-38(4-2)14-15-39-13-12-25(21-39)24-8-10-30-29(18-24)32(35-22-34-30)37-28-9-11-31-26(17-28)19-36-40(31)20-23-6-5-7-27(33)16-23/h5-13,16-19,21-22H,3-4,14-15,20H2,1-2H3,(H,34,35,37). The second kappa shape index (κ2) is 11.3. The molecule has 0 aliphatic rings. The lowest BCUT2D eigenvalue weighted by Crippen LogP contribution is -2.26. The van der Waals surface area contributed by atoms with Crippen molar-refractivity contribution in [3.63, 3.8) is 0 Å². The van der Waals surface area contributed by atoms with E-state index >= 15 is 0 Å². The van der Waals surface area contributed by atoms with Gasteiger partial charge in [0.05, 0.1) is 23.8 Å². The summed E-state index contributed by atoms with van der Waals surface area (Å²) >= 11 is 0. The van der Waals surface area contributed by atoms with Crippen molar-refractivity contribution in [3.8, 4) is 11.1 Å². The fourth-order valence-corrected chi connectivity index (χ4v) is 5.12. The van der Waals surface area contributed by atoms with Gasteiger partial charge in [-0.1, -0.05) is 32.0 Å². The van der Waals surface area contributed by atoms with E-state index < -0.39 is 0 Å². The van der Waals surface area contributed by atoms with Crippen molar-refractivity contribution in [3.05, 3.63) is 103 Å². The molecule has 0 amide bonds. The summed E-state index contributed by atoms with van der Waals surface area (Å²) < 4.78 is 17.8. The molecule has 40 heavy (non-hydrogen) atoms. The Labute approximate surface area is 232 Å². The van der Waals surface area contributed by atoms with Gasteiger partial charge in [-0.25, -0.2) is 14.4 Å². The number of halogens is 1. The van der Waals surface area contributed by atoms with Gasteiger partial charge in [0.1, 0.15) is 18.0 Å². The van der Waals surface area contributed by atoms with Crippen LogP contribution in [0.4, 0.5) is 15.9 Å². The number of rotatable bonds is 10. The molecular formula is C32H32FN7. The average Bonchev–Trinajstić information content (AvgIpc) is 3.61. The van der Waals surface area contributed by atoms with E-state index in [-0.39, 0.29) is 5.82 Å². The highest BCUT2D eigenvalue weighted by atomic mass is 19.1. The molecule has 3 aromatic heterocycles. The van der Waals surface area contributed by atoms with Gasteiger partial charge in [-0.2, -0.15) is 5.10 Å². The SMILES string of the molecule is CCN(CC)CCn1ccc(-c2ccc3ncnc(Nc4ccc5c(cnn5Cc5cccc(F)c5)c4)c3c2)c1. The Kier molecular flexibility index (Phi) is 7.25. The topological polar surface area (TPSA) is 63.8 Å². The molecule has 7 nitrogen and oxygen atoms in total. The Balaban J connectivity index is 1.23. The Morgan fingerprint density at radius 3 is 2.67 bits per heavy atom. The molecule has 1 N–H and O–H groups in total. The lowest BCUT2D eigenvalue weighted by atomic mass is 10.1. The second-order valence-corrected chi connectivity index (χ2v) is 9.95. The van der Waals surface area contributed by atoms with Crippen LogP contribution in [-0.4, -0.2) is 48.8 Å². The van der Waals surface area contributed by atoms with E-state index in [9.17, 15) is 4.39 Å². The minimum atomic E-state index is -0.242. The first kappa shape index (κ1) is 25.7. The first-order valence-corrected chi connectivity index (χ1v) is 13.7. The van der Waals surface area contributed by atoms with Crippen LogP contribution >= 0.6 is 0 Å². The van der Waals surface area contributed by atoms with Gasteiger partial charge in [0.2, 0.25) is 0 Å². The summed E-state index contributed by atoms with van der Waals surface area (Å²) in [6.45, 7) is 9.04. The maximum Gasteiger partial charge on any atom is 0.141 e. The number of hydrogen-bond acceptors (Lipinski definition) is 5. The van der Waals surface area contributed by atoms with Crippen molar-refractivity contribution in [2.45, 2.75) is 26.9 Å². The number of fused-ring (bicyclic) bond motifs is 2. The Morgan fingerprint density at radius 1 is 0.925 bits per heavy atom. The van der Waals surface area contributed by atoms with Crippen molar-refractivity contribution < 1.29 is 4.39 Å². The summed E-state index contributed by atoms with van der Waals surface area (Å²) in [6, 6.07) is 21.2. The highest BCUT2D eigenvalue weighted by Crippen LogP contribution is 2.30. The van der Waals surface area contributed by atoms with E-state index in [4.69, 9.17) is 0 Å². The molecule has 0 aliphatic heterocycles. The number of aromatic nitrogens is 5. The first-order valence-electron chi connectivity index (χ1n) is 13.7. The predicted molar refractivity (Wildman–Crippen MR) is 159 cm³/mol. The Bertz CT molecular complexity index is 1770. The third kappa shape index (κ3) is 5.44. The predicted octanol–water partition coefficient (Wildman–Crippen LogP) is 6.72. The zero-order valence-electron chi connectivity index (χ0n) is 22.8. The van der Waals surface area contributed by atoms with E-state index in [1.165, 1.54) is 11.6 Å². The molecule has 0 aliphatic carbocycles. The van der Waals surface area contributed by atoms with Crippen LogP contribution in [0.5, 0.6) is 0 Å². The quantitative estimate of drug-likeness (QED) is 0.212. The molecule has 0 unspecified atom stereocenters. The summed E-state index contributed by atoms with van der Waals surface area (Å²) in [5.41, 5.74) is 5.94. The van der Waals surface area contributed by atoms with Gasteiger partial charge in [0.25, 0.3) is 0 Å². The fourth-order valence-electron chi connectivity index (χ4n) is 5.12. The van der Waals surface area contributed by atoms with E-state index in [1.807, 2.05) is 35.1 Å². The zero-order valence-corrected chi connectivity index (χ0v) is 22.8. The fraction of sp³-hybridized carbons (Fsp3) is 0.219. The van der Waals surface area contributed by atoms with Gasteiger partial charge < -0.3 is 14.8 Å². The van der Waals surface area contributed by atoms with Crippen LogP contribution < -0.4 is 5.32 Å². The van der Waals surface area contributed by atoms with E-state index in [0.717, 1.165) is 70.6 Å². The van der Waals surface area contributed by atoms with Crippen LogP contribution in [0.15, 0.2) is 91.6 Å². The smallest absolute Gasteiger partial charge is 0.141 e. The Morgan fingerprint density at radius 2 is 1.82 bits per heavy atom. The molecule has 0 radical (unpaired) electrons. The third-order valence-electron chi connectivity index (χ3n) is 7.41. The van der Waals surface area contributed by atoms with E-state index in [2.05, 4.69) is 80.4 Å². The lowest BCUT2D eigenvalue weighted by molar-refractivity contribution is 0.291. The van der Waals surface area contributed by atoms with Gasteiger partial charge in [0, 0.05) is 41.9 Å². The van der Waals surface area contributed by atoms with Crippen molar-refractivity contribution in [1.29, 1.82) is 0 Å². The van der Waals surface area contributed by atoms with Crippen LogP contribution in [0, 0.1) is 5.82 Å². The monoisotopic (exact) mass is 533 g/mol.